The van der Waals surface area contributed by atoms with E-state index in [2.05, 4.69) is 13.8 Å². The van der Waals surface area contributed by atoms with Gasteiger partial charge in [0.2, 0.25) is 0 Å². The second-order valence-electron chi connectivity index (χ2n) is 7.37. The Bertz CT molecular complexity index is 496. The SMILES string of the molecule is CC(C)CN.CC(C)CN1C(=O)c2ccccc2C1=O.CC(C)CO. The standard InChI is InChI=1S/C12H13NO2.C4H11N.C4H10O/c1-8(2)7-13-11(14)9-5-3-4-6-10(9)12(13)15;2*1-4(2)3-5/h3-6,8H,7H2,1-2H3;4H,3,5H2,1-2H3;4-5H,3H2,1-2H3. The van der Waals surface area contributed by atoms with Gasteiger partial charge in [0, 0.05) is 13.2 Å². The van der Waals surface area contributed by atoms with Gasteiger partial charge in [0.15, 0.2) is 0 Å². The predicted octanol–water partition coefficient (Wildman–Crippen LogP) is 3.17. The lowest BCUT2D eigenvalue weighted by atomic mass is 10.1. The molecule has 0 saturated carbocycles. The molecule has 2 rings (SSSR count). The monoisotopic (exact) mass is 350 g/mol. The van der Waals surface area contributed by atoms with Crippen molar-refractivity contribution >= 4 is 11.8 Å². The van der Waals surface area contributed by atoms with Gasteiger partial charge in [-0.1, -0.05) is 53.7 Å². The van der Waals surface area contributed by atoms with Crippen molar-refractivity contribution in [2.75, 3.05) is 19.7 Å². The van der Waals surface area contributed by atoms with E-state index in [1.54, 1.807) is 24.3 Å². The van der Waals surface area contributed by atoms with Gasteiger partial charge in [0.05, 0.1) is 11.1 Å². The van der Waals surface area contributed by atoms with Gasteiger partial charge >= 0.3 is 0 Å². The topological polar surface area (TPSA) is 83.6 Å². The molecular weight excluding hydrogens is 316 g/mol. The molecule has 142 valence electrons. The molecule has 5 heteroatoms. The normalized spacial score (nSPS) is 12.8. The number of hydrogen-bond acceptors (Lipinski definition) is 4. The molecule has 5 nitrogen and oxygen atoms in total. The van der Waals surface area contributed by atoms with Gasteiger partial charge in [0.25, 0.3) is 11.8 Å². The zero-order valence-corrected chi connectivity index (χ0v) is 16.5. The summed E-state index contributed by atoms with van der Waals surface area (Å²) < 4.78 is 0. The minimum atomic E-state index is -0.163. The number of benzene rings is 1. The first-order valence-electron chi connectivity index (χ1n) is 8.91. The zero-order chi connectivity index (χ0) is 19.6. The van der Waals surface area contributed by atoms with Gasteiger partial charge in [-0.15, -0.1) is 0 Å². The zero-order valence-electron chi connectivity index (χ0n) is 16.5. The largest absolute Gasteiger partial charge is 0.396 e. The lowest BCUT2D eigenvalue weighted by Gasteiger charge is -2.15. The number of carbonyl (C=O) groups excluding carboxylic acids is 2. The van der Waals surface area contributed by atoms with E-state index in [-0.39, 0.29) is 11.8 Å². The van der Waals surface area contributed by atoms with Gasteiger partial charge in [-0.25, -0.2) is 0 Å². The van der Waals surface area contributed by atoms with E-state index in [1.165, 1.54) is 4.90 Å². The summed E-state index contributed by atoms with van der Waals surface area (Å²) >= 11 is 0. The molecule has 1 aromatic carbocycles. The van der Waals surface area contributed by atoms with Crippen molar-refractivity contribution in [3.05, 3.63) is 35.4 Å². The van der Waals surface area contributed by atoms with E-state index < -0.39 is 0 Å². The molecular formula is C20H34N2O3. The van der Waals surface area contributed by atoms with Crippen LogP contribution in [0.5, 0.6) is 0 Å². The molecule has 3 N–H and O–H groups in total. The molecule has 0 bridgehead atoms. The lowest BCUT2D eigenvalue weighted by molar-refractivity contribution is 0.0636. The molecule has 0 spiro atoms. The van der Waals surface area contributed by atoms with Crippen molar-refractivity contribution in [2.24, 2.45) is 23.5 Å². The average Bonchev–Trinajstić information content (AvgIpc) is 2.81. The third-order valence-electron chi connectivity index (χ3n) is 3.26. The summed E-state index contributed by atoms with van der Waals surface area (Å²) in [4.78, 5) is 25.0. The quantitative estimate of drug-likeness (QED) is 0.817. The molecule has 0 saturated heterocycles. The Hall–Kier alpha value is -1.72. The highest BCUT2D eigenvalue weighted by Gasteiger charge is 2.34. The molecule has 1 heterocycles. The Kier molecular flexibility index (Phi) is 11.0. The summed E-state index contributed by atoms with van der Waals surface area (Å²) in [5.74, 6) is 1.07. The van der Waals surface area contributed by atoms with Crippen LogP contribution in [0.15, 0.2) is 24.3 Å². The van der Waals surface area contributed by atoms with Gasteiger partial charge < -0.3 is 10.8 Å². The van der Waals surface area contributed by atoms with Crippen LogP contribution in [-0.4, -0.2) is 41.5 Å². The molecule has 0 unspecified atom stereocenters. The van der Waals surface area contributed by atoms with Crippen molar-refractivity contribution in [3.63, 3.8) is 0 Å². The van der Waals surface area contributed by atoms with Crippen molar-refractivity contribution in [2.45, 2.75) is 41.5 Å². The fraction of sp³-hybridized carbons (Fsp3) is 0.600. The lowest BCUT2D eigenvalue weighted by Crippen LogP contribution is -2.33. The van der Waals surface area contributed by atoms with E-state index in [0.29, 0.717) is 42.0 Å². The van der Waals surface area contributed by atoms with Crippen LogP contribution in [0, 0.1) is 17.8 Å². The third kappa shape index (κ3) is 8.27. The molecule has 0 aromatic heterocycles. The van der Waals surface area contributed by atoms with Crippen LogP contribution in [0.3, 0.4) is 0 Å². The number of aliphatic hydroxyl groups excluding tert-OH is 1. The van der Waals surface area contributed by atoms with Crippen LogP contribution in [0.25, 0.3) is 0 Å². The Morgan fingerprint density at radius 3 is 1.48 bits per heavy atom. The Balaban J connectivity index is 0.000000480. The first-order chi connectivity index (χ1) is 11.6. The predicted molar refractivity (Wildman–Crippen MR) is 102 cm³/mol. The van der Waals surface area contributed by atoms with E-state index >= 15 is 0 Å². The number of imide groups is 1. The molecule has 1 aromatic rings. The van der Waals surface area contributed by atoms with Gasteiger partial charge in [-0.2, -0.15) is 0 Å². The fourth-order valence-corrected chi connectivity index (χ4v) is 1.77. The van der Waals surface area contributed by atoms with Crippen LogP contribution in [0.1, 0.15) is 62.3 Å². The molecule has 0 fully saturated rings. The number of amides is 2. The maximum atomic E-state index is 11.8. The van der Waals surface area contributed by atoms with Crippen molar-refractivity contribution in [3.8, 4) is 0 Å². The van der Waals surface area contributed by atoms with Crippen LogP contribution in [0.4, 0.5) is 0 Å². The van der Waals surface area contributed by atoms with Crippen LogP contribution >= 0.6 is 0 Å². The molecule has 0 aliphatic carbocycles. The Morgan fingerprint density at radius 2 is 1.24 bits per heavy atom. The molecule has 2 amide bonds. The summed E-state index contributed by atoms with van der Waals surface area (Å²) in [7, 11) is 0. The van der Waals surface area contributed by atoms with Crippen LogP contribution in [-0.2, 0) is 0 Å². The number of fused-ring (bicyclic) bond motifs is 1. The first-order valence-corrected chi connectivity index (χ1v) is 8.91. The summed E-state index contributed by atoms with van der Waals surface area (Å²) in [5, 5.41) is 8.14. The third-order valence-corrected chi connectivity index (χ3v) is 3.26. The van der Waals surface area contributed by atoms with Crippen molar-refractivity contribution < 1.29 is 14.7 Å². The van der Waals surface area contributed by atoms with Gasteiger partial charge in [-0.3, -0.25) is 14.5 Å². The van der Waals surface area contributed by atoms with E-state index in [4.69, 9.17) is 10.8 Å². The fourth-order valence-electron chi connectivity index (χ4n) is 1.77. The highest BCUT2D eigenvalue weighted by atomic mass is 16.3. The van der Waals surface area contributed by atoms with E-state index in [9.17, 15) is 9.59 Å². The number of hydrogen-bond donors (Lipinski definition) is 2. The number of aliphatic hydroxyl groups is 1. The van der Waals surface area contributed by atoms with Gasteiger partial charge in [-0.05, 0) is 36.4 Å². The van der Waals surface area contributed by atoms with Crippen LogP contribution in [0.2, 0.25) is 0 Å². The summed E-state index contributed by atoms with van der Waals surface area (Å²) in [5.41, 5.74) is 6.23. The molecule has 0 radical (unpaired) electrons. The Morgan fingerprint density at radius 1 is 0.880 bits per heavy atom. The molecule has 0 atom stereocenters. The first kappa shape index (κ1) is 23.3. The minimum Gasteiger partial charge on any atom is -0.396 e. The molecule has 1 aliphatic heterocycles. The number of carbonyl (C=O) groups is 2. The minimum absolute atomic E-state index is 0.163. The smallest absolute Gasteiger partial charge is 0.261 e. The van der Waals surface area contributed by atoms with E-state index in [0.717, 1.165) is 6.54 Å². The second kappa shape index (κ2) is 11.8. The molecule has 1 aliphatic rings. The van der Waals surface area contributed by atoms with Crippen molar-refractivity contribution in [1.29, 1.82) is 0 Å². The molecule has 25 heavy (non-hydrogen) atoms. The maximum Gasteiger partial charge on any atom is 0.261 e. The summed E-state index contributed by atoms with van der Waals surface area (Å²) in [6.07, 6.45) is 0. The number of rotatable bonds is 4. The highest BCUT2D eigenvalue weighted by molar-refractivity contribution is 6.21. The highest BCUT2D eigenvalue weighted by Crippen LogP contribution is 2.22. The summed E-state index contributed by atoms with van der Waals surface area (Å²) in [6.45, 7) is 13.7. The van der Waals surface area contributed by atoms with Crippen LogP contribution < -0.4 is 5.73 Å². The Labute approximate surface area is 152 Å². The maximum absolute atomic E-state index is 11.8. The number of nitrogens with two attached hydrogens (primary N) is 1. The number of nitrogens with zero attached hydrogens (tertiary/aromatic N) is 1. The summed E-state index contributed by atoms with van der Waals surface area (Å²) in [6, 6.07) is 6.97. The van der Waals surface area contributed by atoms with E-state index in [1.807, 2.05) is 27.7 Å². The van der Waals surface area contributed by atoms with Gasteiger partial charge in [0.1, 0.15) is 0 Å². The van der Waals surface area contributed by atoms with Crippen molar-refractivity contribution in [1.82, 2.24) is 4.90 Å². The second-order valence-corrected chi connectivity index (χ2v) is 7.37. The average molecular weight is 351 g/mol.